The van der Waals surface area contributed by atoms with Gasteiger partial charge >= 0.3 is 0 Å². The van der Waals surface area contributed by atoms with E-state index in [1.807, 2.05) is 0 Å². The highest BCUT2D eigenvalue weighted by atomic mass is 16.5. The second kappa shape index (κ2) is 6.14. The van der Waals surface area contributed by atoms with Crippen LogP contribution in [0.25, 0.3) is 0 Å². The van der Waals surface area contributed by atoms with Crippen LogP contribution in [0.4, 0.5) is 0 Å². The van der Waals surface area contributed by atoms with Gasteiger partial charge in [-0.15, -0.1) is 0 Å². The molecule has 1 aliphatic rings. The van der Waals surface area contributed by atoms with Gasteiger partial charge in [0, 0.05) is 38.2 Å². The summed E-state index contributed by atoms with van der Waals surface area (Å²) in [5, 5.41) is 21.9. The summed E-state index contributed by atoms with van der Waals surface area (Å²) in [5.74, 6) is -0.218. The molecule has 19 heavy (non-hydrogen) atoms. The molecule has 0 saturated carbocycles. The number of aliphatic hydroxyl groups is 2. The molecule has 0 radical (unpaired) electrons. The van der Waals surface area contributed by atoms with Gasteiger partial charge in [0.2, 0.25) is 0 Å². The first-order valence-electron chi connectivity index (χ1n) is 6.41. The van der Waals surface area contributed by atoms with Crippen molar-refractivity contribution in [2.75, 3.05) is 19.8 Å². The third-order valence-corrected chi connectivity index (χ3v) is 3.40. The Bertz CT molecular complexity index is 424. The molecule has 5 nitrogen and oxygen atoms in total. The number of nitrogens with one attached hydrogen (secondary N) is 1. The SMILES string of the molecule is O=C(NCC1(O)CCOCC1)c1ccc(CO)cc1. The van der Waals surface area contributed by atoms with E-state index >= 15 is 0 Å². The number of ether oxygens (including phenoxy) is 1. The van der Waals surface area contributed by atoms with E-state index in [2.05, 4.69) is 5.32 Å². The molecule has 0 aliphatic carbocycles. The van der Waals surface area contributed by atoms with E-state index in [1.54, 1.807) is 24.3 Å². The zero-order valence-electron chi connectivity index (χ0n) is 10.8. The lowest BCUT2D eigenvalue weighted by Gasteiger charge is -2.32. The van der Waals surface area contributed by atoms with Crippen molar-refractivity contribution in [1.29, 1.82) is 0 Å². The minimum absolute atomic E-state index is 0.0400. The molecule has 1 amide bonds. The molecule has 1 fully saturated rings. The van der Waals surface area contributed by atoms with Crippen molar-refractivity contribution in [3.05, 3.63) is 35.4 Å². The van der Waals surface area contributed by atoms with Crippen molar-refractivity contribution < 1.29 is 19.7 Å². The first kappa shape index (κ1) is 14.0. The molecule has 1 aromatic carbocycles. The molecular weight excluding hydrogens is 246 g/mol. The number of carbonyl (C=O) groups excluding carboxylic acids is 1. The standard InChI is InChI=1S/C14H19NO4/c16-9-11-1-3-12(4-2-11)13(17)15-10-14(18)5-7-19-8-6-14/h1-4,16,18H,5-10H2,(H,15,17). The van der Waals surface area contributed by atoms with Gasteiger partial charge in [-0.25, -0.2) is 0 Å². The molecule has 104 valence electrons. The van der Waals surface area contributed by atoms with Crippen molar-refractivity contribution in [2.45, 2.75) is 25.0 Å². The van der Waals surface area contributed by atoms with Gasteiger partial charge in [-0.1, -0.05) is 12.1 Å². The number of benzene rings is 1. The lowest BCUT2D eigenvalue weighted by Crippen LogP contribution is -2.46. The minimum atomic E-state index is -0.862. The van der Waals surface area contributed by atoms with E-state index in [9.17, 15) is 9.90 Å². The second-order valence-electron chi connectivity index (χ2n) is 4.87. The molecule has 1 heterocycles. The Kier molecular flexibility index (Phi) is 4.52. The summed E-state index contributed by atoms with van der Waals surface area (Å²) in [6.07, 6.45) is 1.08. The number of aliphatic hydroxyl groups excluding tert-OH is 1. The van der Waals surface area contributed by atoms with Gasteiger partial charge < -0.3 is 20.3 Å². The minimum Gasteiger partial charge on any atom is -0.392 e. The Morgan fingerprint density at radius 2 is 1.89 bits per heavy atom. The molecule has 0 aromatic heterocycles. The Balaban J connectivity index is 1.89. The smallest absolute Gasteiger partial charge is 0.251 e. The van der Waals surface area contributed by atoms with Gasteiger partial charge in [0.25, 0.3) is 5.91 Å². The van der Waals surface area contributed by atoms with Crippen molar-refractivity contribution in [2.24, 2.45) is 0 Å². The van der Waals surface area contributed by atoms with Crippen LogP contribution in [0.5, 0.6) is 0 Å². The number of hydrogen-bond donors (Lipinski definition) is 3. The Morgan fingerprint density at radius 3 is 2.47 bits per heavy atom. The van der Waals surface area contributed by atoms with Crippen LogP contribution in [-0.4, -0.2) is 41.5 Å². The monoisotopic (exact) mass is 265 g/mol. The molecule has 5 heteroatoms. The van der Waals surface area contributed by atoms with Crippen molar-refractivity contribution in [1.82, 2.24) is 5.32 Å². The maximum Gasteiger partial charge on any atom is 0.251 e. The summed E-state index contributed by atoms with van der Waals surface area (Å²) < 4.78 is 5.19. The number of carbonyl (C=O) groups is 1. The normalized spacial score (nSPS) is 18.0. The average molecular weight is 265 g/mol. The van der Waals surface area contributed by atoms with E-state index in [-0.39, 0.29) is 19.1 Å². The average Bonchev–Trinajstić information content (AvgIpc) is 2.46. The Morgan fingerprint density at radius 1 is 1.26 bits per heavy atom. The fourth-order valence-corrected chi connectivity index (χ4v) is 2.04. The molecule has 0 unspecified atom stereocenters. The van der Waals surface area contributed by atoms with Gasteiger partial charge in [-0.3, -0.25) is 4.79 Å². The molecule has 1 aromatic rings. The van der Waals surface area contributed by atoms with Gasteiger partial charge in [0.1, 0.15) is 0 Å². The summed E-state index contributed by atoms with van der Waals surface area (Å²) in [7, 11) is 0. The van der Waals surface area contributed by atoms with Crippen LogP contribution >= 0.6 is 0 Å². The first-order chi connectivity index (χ1) is 9.13. The van der Waals surface area contributed by atoms with Gasteiger partial charge in [-0.05, 0) is 17.7 Å². The van der Waals surface area contributed by atoms with Crippen LogP contribution in [0, 0.1) is 0 Å². The van der Waals surface area contributed by atoms with Gasteiger partial charge in [0.15, 0.2) is 0 Å². The third kappa shape index (κ3) is 3.76. The summed E-state index contributed by atoms with van der Waals surface area (Å²) in [4.78, 5) is 11.9. The van der Waals surface area contributed by atoms with Crippen LogP contribution in [0.15, 0.2) is 24.3 Å². The first-order valence-corrected chi connectivity index (χ1v) is 6.41. The maximum atomic E-state index is 11.9. The summed E-state index contributed by atoms with van der Waals surface area (Å²) in [6.45, 7) is 1.24. The lowest BCUT2D eigenvalue weighted by molar-refractivity contribution is -0.0605. The van der Waals surface area contributed by atoms with E-state index in [1.165, 1.54) is 0 Å². The zero-order valence-corrected chi connectivity index (χ0v) is 10.8. The second-order valence-corrected chi connectivity index (χ2v) is 4.87. The van der Waals surface area contributed by atoms with Crippen molar-refractivity contribution >= 4 is 5.91 Å². The van der Waals surface area contributed by atoms with Crippen LogP contribution in [0.1, 0.15) is 28.8 Å². The molecule has 1 aliphatic heterocycles. The fourth-order valence-electron chi connectivity index (χ4n) is 2.04. The summed E-state index contributed by atoms with van der Waals surface area (Å²) in [5.41, 5.74) is 0.423. The summed E-state index contributed by atoms with van der Waals surface area (Å²) in [6, 6.07) is 6.74. The fraction of sp³-hybridized carbons (Fsp3) is 0.500. The third-order valence-electron chi connectivity index (χ3n) is 3.40. The van der Waals surface area contributed by atoms with Crippen LogP contribution < -0.4 is 5.32 Å². The highest BCUT2D eigenvalue weighted by Crippen LogP contribution is 2.19. The predicted molar refractivity (Wildman–Crippen MR) is 69.7 cm³/mol. The number of rotatable bonds is 4. The van der Waals surface area contributed by atoms with Gasteiger partial charge in [-0.2, -0.15) is 0 Å². The van der Waals surface area contributed by atoms with E-state index in [0.717, 1.165) is 5.56 Å². The molecule has 1 saturated heterocycles. The Labute approximate surface area is 112 Å². The van der Waals surface area contributed by atoms with Gasteiger partial charge in [0.05, 0.1) is 12.2 Å². The summed E-state index contributed by atoms with van der Waals surface area (Å²) >= 11 is 0. The van der Waals surface area contributed by atoms with E-state index in [0.29, 0.717) is 31.6 Å². The molecule has 0 bridgehead atoms. The molecule has 0 atom stereocenters. The zero-order chi connectivity index (χ0) is 13.7. The van der Waals surface area contributed by atoms with Crippen LogP contribution in [0.3, 0.4) is 0 Å². The largest absolute Gasteiger partial charge is 0.392 e. The molecule has 2 rings (SSSR count). The number of amides is 1. The van der Waals surface area contributed by atoms with E-state index < -0.39 is 5.60 Å². The van der Waals surface area contributed by atoms with Crippen molar-refractivity contribution in [3.63, 3.8) is 0 Å². The maximum absolute atomic E-state index is 11.9. The molecule has 0 spiro atoms. The highest BCUT2D eigenvalue weighted by molar-refractivity contribution is 5.94. The topological polar surface area (TPSA) is 78.8 Å². The van der Waals surface area contributed by atoms with Crippen LogP contribution in [0.2, 0.25) is 0 Å². The number of hydrogen-bond acceptors (Lipinski definition) is 4. The lowest BCUT2D eigenvalue weighted by atomic mass is 9.94. The highest BCUT2D eigenvalue weighted by Gasteiger charge is 2.30. The molecule has 3 N–H and O–H groups in total. The van der Waals surface area contributed by atoms with Crippen molar-refractivity contribution in [3.8, 4) is 0 Å². The Hall–Kier alpha value is -1.43. The molecular formula is C14H19NO4. The van der Waals surface area contributed by atoms with Crippen LogP contribution in [-0.2, 0) is 11.3 Å². The predicted octanol–water partition coefficient (Wildman–Crippen LogP) is 0.450. The quantitative estimate of drug-likeness (QED) is 0.738. The van der Waals surface area contributed by atoms with E-state index in [4.69, 9.17) is 9.84 Å².